The number of benzene rings is 3. The second-order valence-corrected chi connectivity index (χ2v) is 6.45. The number of anilines is 3. The topological polar surface area (TPSA) is 37.4 Å². The van der Waals surface area contributed by atoms with Gasteiger partial charge in [-0.25, -0.2) is 4.98 Å². The minimum atomic E-state index is 0.820. The van der Waals surface area contributed by atoms with Gasteiger partial charge in [0, 0.05) is 36.2 Å². The fourth-order valence-corrected chi connectivity index (χ4v) is 3.12. The molecule has 3 aromatic carbocycles. The van der Waals surface area contributed by atoms with Gasteiger partial charge in [0.05, 0.1) is 23.8 Å². The van der Waals surface area contributed by atoms with E-state index < -0.39 is 0 Å². The summed E-state index contributed by atoms with van der Waals surface area (Å²) in [5.74, 6) is 0.820. The Morgan fingerprint density at radius 3 is 2.31 bits per heavy atom. The van der Waals surface area contributed by atoms with Crippen molar-refractivity contribution in [2.45, 2.75) is 0 Å². The molecule has 26 heavy (non-hydrogen) atoms. The Balaban J connectivity index is 1.89. The molecule has 130 valence electrons. The van der Waals surface area contributed by atoms with Crippen molar-refractivity contribution in [3.63, 3.8) is 0 Å². The fraction of sp³-hybridized carbons (Fsp3) is 0.136. The van der Waals surface area contributed by atoms with Crippen LogP contribution >= 0.6 is 0 Å². The van der Waals surface area contributed by atoms with Crippen LogP contribution < -0.4 is 15.0 Å². The molecule has 1 aromatic heterocycles. The molecule has 0 radical (unpaired) electrons. The van der Waals surface area contributed by atoms with E-state index in [-0.39, 0.29) is 0 Å². The molecule has 0 atom stereocenters. The first-order valence-electron chi connectivity index (χ1n) is 8.56. The molecule has 0 saturated heterocycles. The van der Waals surface area contributed by atoms with Crippen molar-refractivity contribution < 1.29 is 4.74 Å². The first kappa shape index (κ1) is 16.2. The standard InChI is InChI=1S/C22H21N3O/c1-25(2)16-10-8-15(9-11-16)23-22-18-6-4-5-7-20(18)24-21-13-12-17(26-3)14-19(21)22/h4-14H,1-3H3,(H,23,24). The maximum atomic E-state index is 5.42. The van der Waals surface area contributed by atoms with Gasteiger partial charge in [-0.3, -0.25) is 0 Å². The maximum Gasteiger partial charge on any atom is 0.119 e. The van der Waals surface area contributed by atoms with Crippen LogP contribution in [0.2, 0.25) is 0 Å². The molecular formula is C22H21N3O. The molecule has 0 aliphatic heterocycles. The van der Waals surface area contributed by atoms with Crippen molar-refractivity contribution in [3.05, 3.63) is 66.7 Å². The van der Waals surface area contributed by atoms with Crippen LogP contribution in [0.3, 0.4) is 0 Å². The molecule has 0 saturated carbocycles. The van der Waals surface area contributed by atoms with Crippen molar-refractivity contribution in [2.24, 2.45) is 0 Å². The zero-order valence-electron chi connectivity index (χ0n) is 15.2. The first-order chi connectivity index (χ1) is 12.7. The predicted molar refractivity (Wildman–Crippen MR) is 110 cm³/mol. The molecular weight excluding hydrogens is 322 g/mol. The second kappa shape index (κ2) is 6.56. The van der Waals surface area contributed by atoms with E-state index in [0.29, 0.717) is 0 Å². The Kier molecular flexibility index (Phi) is 4.09. The molecule has 0 bridgehead atoms. The smallest absolute Gasteiger partial charge is 0.119 e. The zero-order valence-corrected chi connectivity index (χ0v) is 15.2. The minimum absolute atomic E-state index is 0.820. The molecule has 4 heteroatoms. The quantitative estimate of drug-likeness (QED) is 0.516. The molecule has 4 rings (SSSR count). The van der Waals surface area contributed by atoms with E-state index in [1.165, 1.54) is 5.69 Å². The third kappa shape index (κ3) is 2.90. The summed E-state index contributed by atoms with van der Waals surface area (Å²) in [4.78, 5) is 6.88. The second-order valence-electron chi connectivity index (χ2n) is 6.45. The molecule has 4 aromatic rings. The van der Waals surface area contributed by atoms with Crippen LogP contribution in [0, 0.1) is 0 Å². The number of methoxy groups -OCH3 is 1. The van der Waals surface area contributed by atoms with Gasteiger partial charge in [-0.05, 0) is 48.5 Å². The molecule has 0 aliphatic rings. The van der Waals surface area contributed by atoms with Crippen LogP contribution in [-0.4, -0.2) is 26.2 Å². The van der Waals surface area contributed by atoms with Gasteiger partial charge in [-0.15, -0.1) is 0 Å². The lowest BCUT2D eigenvalue weighted by Crippen LogP contribution is -2.08. The average molecular weight is 343 g/mol. The summed E-state index contributed by atoms with van der Waals surface area (Å²) in [7, 11) is 5.76. The lowest BCUT2D eigenvalue weighted by atomic mass is 10.1. The lowest BCUT2D eigenvalue weighted by Gasteiger charge is -2.16. The molecule has 0 aliphatic carbocycles. The highest BCUT2D eigenvalue weighted by atomic mass is 16.5. The summed E-state index contributed by atoms with van der Waals surface area (Å²) in [6, 6.07) is 22.6. The fourth-order valence-electron chi connectivity index (χ4n) is 3.12. The molecule has 0 fully saturated rings. The van der Waals surface area contributed by atoms with Gasteiger partial charge in [0.15, 0.2) is 0 Å². The van der Waals surface area contributed by atoms with Gasteiger partial charge >= 0.3 is 0 Å². The van der Waals surface area contributed by atoms with E-state index in [4.69, 9.17) is 9.72 Å². The van der Waals surface area contributed by atoms with E-state index in [1.807, 2.05) is 50.5 Å². The largest absolute Gasteiger partial charge is 0.497 e. The monoisotopic (exact) mass is 343 g/mol. The van der Waals surface area contributed by atoms with Gasteiger partial charge in [-0.2, -0.15) is 0 Å². The van der Waals surface area contributed by atoms with Crippen molar-refractivity contribution in [1.82, 2.24) is 4.98 Å². The lowest BCUT2D eigenvalue weighted by molar-refractivity contribution is 0.415. The number of hydrogen-bond acceptors (Lipinski definition) is 4. The van der Waals surface area contributed by atoms with Crippen LogP contribution in [0.25, 0.3) is 21.8 Å². The number of rotatable bonds is 4. The van der Waals surface area contributed by atoms with E-state index in [9.17, 15) is 0 Å². The van der Waals surface area contributed by atoms with Crippen LogP contribution in [0.15, 0.2) is 66.7 Å². The molecule has 0 unspecified atom stereocenters. The number of para-hydroxylation sites is 1. The van der Waals surface area contributed by atoms with Crippen molar-refractivity contribution in [2.75, 3.05) is 31.4 Å². The predicted octanol–water partition coefficient (Wildman–Crippen LogP) is 5.21. The van der Waals surface area contributed by atoms with Crippen molar-refractivity contribution in [3.8, 4) is 5.75 Å². The van der Waals surface area contributed by atoms with Crippen LogP contribution in [0.5, 0.6) is 5.75 Å². The summed E-state index contributed by atoms with van der Waals surface area (Å²) >= 11 is 0. The van der Waals surface area contributed by atoms with Crippen LogP contribution in [0.4, 0.5) is 17.1 Å². The summed E-state index contributed by atoms with van der Waals surface area (Å²) in [6.45, 7) is 0. The Bertz CT molecular complexity index is 1070. The Labute approximate surface area is 153 Å². The van der Waals surface area contributed by atoms with Gasteiger partial charge in [0.25, 0.3) is 0 Å². The molecule has 4 nitrogen and oxygen atoms in total. The Morgan fingerprint density at radius 2 is 1.58 bits per heavy atom. The highest BCUT2D eigenvalue weighted by molar-refractivity contribution is 6.09. The number of ether oxygens (including phenoxy) is 1. The van der Waals surface area contributed by atoms with Gasteiger partial charge in [-0.1, -0.05) is 18.2 Å². The van der Waals surface area contributed by atoms with E-state index in [0.717, 1.165) is 38.9 Å². The Hall–Kier alpha value is -3.27. The number of nitrogens with zero attached hydrogens (tertiary/aromatic N) is 2. The highest BCUT2D eigenvalue weighted by Gasteiger charge is 2.10. The number of hydrogen-bond donors (Lipinski definition) is 1. The summed E-state index contributed by atoms with van der Waals surface area (Å²) in [5, 5.41) is 5.72. The molecule has 0 spiro atoms. The zero-order chi connectivity index (χ0) is 18.1. The maximum absolute atomic E-state index is 5.42. The van der Waals surface area contributed by atoms with E-state index in [1.54, 1.807) is 7.11 Å². The van der Waals surface area contributed by atoms with Crippen molar-refractivity contribution in [1.29, 1.82) is 0 Å². The summed E-state index contributed by atoms with van der Waals surface area (Å²) in [6.07, 6.45) is 0. The number of aromatic nitrogens is 1. The highest BCUT2D eigenvalue weighted by Crippen LogP contribution is 2.35. The van der Waals surface area contributed by atoms with Crippen LogP contribution in [-0.2, 0) is 0 Å². The first-order valence-corrected chi connectivity index (χ1v) is 8.56. The third-order valence-corrected chi connectivity index (χ3v) is 4.54. The molecule has 1 N–H and O–H groups in total. The minimum Gasteiger partial charge on any atom is -0.497 e. The third-order valence-electron chi connectivity index (χ3n) is 4.54. The number of nitrogens with one attached hydrogen (secondary N) is 1. The normalized spacial score (nSPS) is 10.9. The summed E-state index contributed by atoms with van der Waals surface area (Å²) in [5.41, 5.74) is 5.16. The van der Waals surface area contributed by atoms with Gasteiger partial charge in [0.1, 0.15) is 5.75 Å². The van der Waals surface area contributed by atoms with Gasteiger partial charge < -0.3 is 15.0 Å². The molecule has 1 heterocycles. The van der Waals surface area contributed by atoms with Crippen LogP contribution in [0.1, 0.15) is 0 Å². The number of fused-ring (bicyclic) bond motifs is 2. The molecule has 0 amide bonds. The van der Waals surface area contributed by atoms with E-state index in [2.05, 4.69) is 40.5 Å². The van der Waals surface area contributed by atoms with E-state index >= 15 is 0 Å². The van der Waals surface area contributed by atoms with Gasteiger partial charge in [0.2, 0.25) is 0 Å². The summed E-state index contributed by atoms with van der Waals surface area (Å²) < 4.78 is 5.42. The average Bonchev–Trinajstić information content (AvgIpc) is 2.68. The SMILES string of the molecule is COc1ccc2nc3ccccc3c(Nc3ccc(N(C)C)cc3)c2c1. The Morgan fingerprint density at radius 1 is 0.846 bits per heavy atom. The van der Waals surface area contributed by atoms with Crippen molar-refractivity contribution >= 4 is 38.9 Å². The number of pyridine rings is 1.